The van der Waals surface area contributed by atoms with Gasteiger partial charge in [0.05, 0.1) is 7.11 Å². The van der Waals surface area contributed by atoms with Crippen LogP contribution >= 0.6 is 0 Å². The van der Waals surface area contributed by atoms with E-state index in [-0.39, 0.29) is 18.4 Å². The Balaban J connectivity index is 2.29. The molecule has 1 saturated heterocycles. The first-order valence-electron chi connectivity index (χ1n) is 13.8. The van der Waals surface area contributed by atoms with Crippen LogP contribution in [0.2, 0.25) is 0 Å². The predicted octanol–water partition coefficient (Wildman–Crippen LogP) is 6.30. The van der Waals surface area contributed by atoms with Crippen molar-refractivity contribution in [3.05, 3.63) is 85.1 Å². The van der Waals surface area contributed by atoms with Crippen LogP contribution in [0.15, 0.2) is 85.1 Å². The van der Waals surface area contributed by atoms with Gasteiger partial charge in [0.2, 0.25) is 5.91 Å². The van der Waals surface area contributed by atoms with E-state index in [1.807, 2.05) is 12.2 Å². The number of amides is 2. The van der Waals surface area contributed by atoms with Crippen LogP contribution < -0.4 is 5.32 Å². The Morgan fingerprint density at radius 3 is 1.68 bits per heavy atom. The summed E-state index contributed by atoms with van der Waals surface area (Å²) in [6.07, 6.45) is 35.9. The lowest BCUT2D eigenvalue weighted by Crippen LogP contribution is -2.48. The summed E-state index contributed by atoms with van der Waals surface area (Å²) in [6.45, 7) is 3.66. The molecule has 1 aliphatic heterocycles. The van der Waals surface area contributed by atoms with E-state index in [2.05, 4.69) is 77.7 Å². The third kappa shape index (κ3) is 16.5. The van der Waals surface area contributed by atoms with Gasteiger partial charge < -0.3 is 10.1 Å². The van der Waals surface area contributed by atoms with Gasteiger partial charge >= 0.3 is 5.97 Å². The zero-order valence-corrected chi connectivity index (χ0v) is 23.2. The van der Waals surface area contributed by atoms with E-state index >= 15 is 0 Å². The van der Waals surface area contributed by atoms with Gasteiger partial charge in [0.15, 0.2) is 0 Å². The molecule has 1 N–H and O–H groups in total. The van der Waals surface area contributed by atoms with Gasteiger partial charge in [0, 0.05) is 24.6 Å². The predicted molar refractivity (Wildman–Crippen MR) is 156 cm³/mol. The van der Waals surface area contributed by atoms with Crippen LogP contribution in [0.25, 0.3) is 0 Å². The van der Waals surface area contributed by atoms with Crippen molar-refractivity contribution in [3.8, 4) is 0 Å². The molecule has 0 aromatic rings. The smallest absolute Gasteiger partial charge is 0.330 e. The Hall–Kier alpha value is -3.25. The molecule has 0 unspecified atom stereocenters. The first-order valence-corrected chi connectivity index (χ1v) is 13.8. The van der Waals surface area contributed by atoms with Crippen LogP contribution in [0.1, 0.15) is 71.1 Å². The first-order chi connectivity index (χ1) is 18.6. The lowest BCUT2D eigenvalue weighted by atomic mass is 10.0. The summed E-state index contributed by atoms with van der Waals surface area (Å²) >= 11 is 0. The van der Waals surface area contributed by atoms with Crippen molar-refractivity contribution in [2.45, 2.75) is 77.2 Å². The lowest BCUT2D eigenvalue weighted by molar-refractivity contribution is -0.145. The fourth-order valence-corrected chi connectivity index (χ4v) is 3.83. The van der Waals surface area contributed by atoms with E-state index in [1.165, 1.54) is 12.0 Å². The number of hydrogen-bond acceptors (Lipinski definition) is 5. The van der Waals surface area contributed by atoms with Gasteiger partial charge in [-0.1, -0.05) is 79.8 Å². The third-order valence-electron chi connectivity index (χ3n) is 5.86. The van der Waals surface area contributed by atoms with E-state index in [4.69, 9.17) is 0 Å². The Kier molecular flexibility index (Phi) is 19.8. The van der Waals surface area contributed by atoms with Gasteiger partial charge in [-0.2, -0.15) is 0 Å². The van der Waals surface area contributed by atoms with Crippen molar-refractivity contribution < 1.29 is 19.1 Å². The highest BCUT2D eigenvalue weighted by Gasteiger charge is 2.29. The average molecular weight is 523 g/mol. The molecule has 1 fully saturated rings. The van der Waals surface area contributed by atoms with Crippen molar-refractivity contribution >= 4 is 17.8 Å². The summed E-state index contributed by atoms with van der Waals surface area (Å²) in [6, 6.07) is -0.149. The van der Waals surface area contributed by atoms with Crippen LogP contribution in [-0.4, -0.2) is 48.9 Å². The molecule has 0 bridgehead atoms. The molecule has 208 valence electrons. The Bertz CT molecular complexity index is 887. The fraction of sp³-hybridized carbons (Fsp3) is 0.469. The third-order valence-corrected chi connectivity index (χ3v) is 5.86. The molecule has 0 radical (unpaired) electrons. The minimum atomic E-state index is -0.617. The Morgan fingerprint density at radius 1 is 0.737 bits per heavy atom. The Morgan fingerprint density at radius 2 is 1.21 bits per heavy atom. The molecule has 1 rings (SSSR count). The van der Waals surface area contributed by atoms with Gasteiger partial charge in [0.25, 0.3) is 5.91 Å². The number of methoxy groups -OCH3 is 1. The summed E-state index contributed by atoms with van der Waals surface area (Å²) in [4.78, 5) is 38.2. The van der Waals surface area contributed by atoms with E-state index in [1.54, 1.807) is 0 Å². The highest BCUT2D eigenvalue weighted by Crippen LogP contribution is 2.15. The molecule has 0 aliphatic carbocycles. The van der Waals surface area contributed by atoms with Crippen molar-refractivity contribution in [3.63, 3.8) is 0 Å². The van der Waals surface area contributed by atoms with Crippen LogP contribution in [0.5, 0.6) is 0 Å². The number of esters is 1. The van der Waals surface area contributed by atoms with Crippen molar-refractivity contribution in [1.29, 1.82) is 0 Å². The second-order valence-corrected chi connectivity index (χ2v) is 8.89. The molecule has 1 heterocycles. The number of imide groups is 1. The molecule has 0 saturated carbocycles. The van der Waals surface area contributed by atoms with Gasteiger partial charge in [0.1, 0.15) is 0 Å². The number of carbonyl (C=O) groups is 3. The molecule has 2 amide bonds. The number of ether oxygens (including phenoxy) is 1. The second-order valence-electron chi connectivity index (χ2n) is 8.89. The molecule has 0 atom stereocenters. The summed E-state index contributed by atoms with van der Waals surface area (Å²) < 4.78 is 4.54. The zero-order chi connectivity index (χ0) is 27.7. The molecular weight excluding hydrogens is 476 g/mol. The largest absolute Gasteiger partial charge is 0.466 e. The maximum absolute atomic E-state index is 12.8. The van der Waals surface area contributed by atoms with Gasteiger partial charge in [-0.05, 0) is 70.9 Å². The monoisotopic (exact) mass is 522 g/mol. The summed E-state index contributed by atoms with van der Waals surface area (Å²) in [7, 11) is 1.25. The van der Waals surface area contributed by atoms with E-state index < -0.39 is 11.9 Å². The minimum absolute atomic E-state index is 0.149. The van der Waals surface area contributed by atoms with Crippen LogP contribution in [0, 0.1) is 0 Å². The number of hydrogen-bond donors (Lipinski definition) is 1. The number of piperidine rings is 1. The zero-order valence-electron chi connectivity index (χ0n) is 23.2. The minimum Gasteiger partial charge on any atom is -0.466 e. The molecule has 1 aliphatic rings. The fourth-order valence-electron chi connectivity index (χ4n) is 3.83. The highest BCUT2D eigenvalue weighted by atomic mass is 16.5. The van der Waals surface area contributed by atoms with Crippen molar-refractivity contribution in [2.24, 2.45) is 0 Å². The van der Waals surface area contributed by atoms with Crippen LogP contribution in [-0.2, 0) is 19.1 Å². The van der Waals surface area contributed by atoms with Crippen LogP contribution in [0.4, 0.5) is 0 Å². The second kappa shape index (κ2) is 22.9. The lowest BCUT2D eigenvalue weighted by Gasteiger charge is -2.32. The van der Waals surface area contributed by atoms with Crippen molar-refractivity contribution in [2.75, 3.05) is 20.2 Å². The maximum Gasteiger partial charge on any atom is 0.330 e. The molecule has 0 aromatic carbocycles. The molecule has 6 nitrogen and oxygen atoms in total. The molecule has 0 spiro atoms. The standard InChI is InChI=1S/C32H46N2O4/c1-3-4-5-6-7-8-9-10-11-12-13-14-15-16-17-18-19-20-21-22-30(35)34(29-25-27-33-28-26-29)31(36)23-24-32(37)38-2/h4-5,7-8,10-11,13-14,16-17,19-20,23-24,29,33H,3,6,9,12,15,18,21-22,25-28H2,1-2H3/b5-4-,8-7-,11-10-,14-13-,17-16-,20-19-,24-23+. The molecule has 38 heavy (non-hydrogen) atoms. The maximum atomic E-state index is 12.8. The quantitative estimate of drug-likeness (QED) is 0.138. The van der Waals surface area contributed by atoms with E-state index in [0.717, 1.165) is 63.8 Å². The molecule has 6 heteroatoms. The summed E-state index contributed by atoms with van der Waals surface area (Å²) in [5, 5.41) is 3.24. The first kappa shape index (κ1) is 32.8. The van der Waals surface area contributed by atoms with Gasteiger partial charge in [-0.15, -0.1) is 0 Å². The normalized spacial score (nSPS) is 15.4. The average Bonchev–Trinajstić information content (AvgIpc) is 2.93. The van der Waals surface area contributed by atoms with Gasteiger partial charge in [-0.25, -0.2) is 4.79 Å². The van der Waals surface area contributed by atoms with Crippen LogP contribution in [0.3, 0.4) is 0 Å². The SMILES string of the molecule is CC/C=C\C/C=C\C/C=C\C/C=C\C/C=C\C/C=C\CCC(=O)N(C(=O)/C=C/C(=O)OC)C1CCNCC1. The number of nitrogens with zero attached hydrogens (tertiary/aromatic N) is 1. The van der Waals surface area contributed by atoms with Crippen molar-refractivity contribution in [1.82, 2.24) is 10.2 Å². The number of rotatable bonds is 17. The Labute approximate surface area is 229 Å². The number of carbonyl (C=O) groups excluding carboxylic acids is 3. The molecule has 0 aromatic heterocycles. The van der Waals surface area contributed by atoms with E-state index in [0.29, 0.717) is 19.3 Å². The summed E-state index contributed by atoms with van der Waals surface area (Å²) in [5.41, 5.74) is 0. The number of nitrogens with one attached hydrogen (secondary N) is 1. The topological polar surface area (TPSA) is 75.7 Å². The van der Waals surface area contributed by atoms with E-state index in [9.17, 15) is 14.4 Å². The summed E-state index contributed by atoms with van der Waals surface area (Å²) in [5.74, 6) is -1.29. The number of allylic oxidation sites excluding steroid dienone is 12. The molecular formula is C32H46N2O4. The highest BCUT2D eigenvalue weighted by molar-refractivity contribution is 6.03. The van der Waals surface area contributed by atoms with Gasteiger partial charge in [-0.3, -0.25) is 14.5 Å².